The fourth-order valence-corrected chi connectivity index (χ4v) is 4.16. The summed E-state index contributed by atoms with van der Waals surface area (Å²) in [6, 6.07) is 1.68. The fraction of sp³-hybridized carbons (Fsp3) is 0.667. The van der Waals surface area contributed by atoms with E-state index in [1.807, 2.05) is 0 Å². The molecule has 3 rings (SSSR count). The largest absolute Gasteiger partial charge is 0.462 e. The number of aromatic nitrogens is 1. The maximum Gasteiger partial charge on any atom is 0.431 e. The monoisotopic (exact) mass is 372 g/mol. The Morgan fingerprint density at radius 1 is 1.19 bits per heavy atom. The van der Waals surface area contributed by atoms with Gasteiger partial charge in [0, 0.05) is 26.2 Å². The normalized spacial score (nSPS) is 19.5. The molecule has 0 atom stereocenters. The molecule has 1 saturated heterocycles. The van der Waals surface area contributed by atoms with Gasteiger partial charge < -0.3 is 14.2 Å². The first-order valence-electron chi connectivity index (χ1n) is 8.96. The number of alkyl halides is 3. The molecule has 26 heavy (non-hydrogen) atoms. The maximum atomic E-state index is 13.3. The standard InChI is InChI=1S/C18H23F3N2O3/c1-2-26-16(25)13-5-6-14(18(19,20)21)23(15(13)24)10-9-22-11-17(12-22)7-3-4-8-17/h5-6H,2-4,7-12H2,1H3. The molecule has 1 aliphatic carbocycles. The minimum atomic E-state index is -4.66. The molecule has 2 heterocycles. The molecule has 0 radical (unpaired) electrons. The minimum Gasteiger partial charge on any atom is -0.462 e. The van der Waals surface area contributed by atoms with Gasteiger partial charge in [0.25, 0.3) is 5.56 Å². The summed E-state index contributed by atoms with van der Waals surface area (Å²) in [7, 11) is 0. The van der Waals surface area contributed by atoms with Crippen molar-refractivity contribution in [1.29, 1.82) is 0 Å². The van der Waals surface area contributed by atoms with Crippen molar-refractivity contribution in [2.45, 2.75) is 45.3 Å². The molecule has 1 aliphatic heterocycles. The summed E-state index contributed by atoms with van der Waals surface area (Å²) in [5.74, 6) is -0.895. The first kappa shape index (κ1) is 18.9. The number of hydrogen-bond acceptors (Lipinski definition) is 4. The van der Waals surface area contributed by atoms with E-state index in [1.54, 1.807) is 6.92 Å². The number of likely N-dealkylation sites (tertiary alicyclic amines) is 1. The van der Waals surface area contributed by atoms with Gasteiger partial charge in [0.2, 0.25) is 0 Å². The predicted octanol–water partition coefficient (Wildman–Crippen LogP) is 2.92. The summed E-state index contributed by atoms with van der Waals surface area (Å²) in [5.41, 5.74) is -2.01. The third-order valence-electron chi connectivity index (χ3n) is 5.38. The highest BCUT2D eigenvalue weighted by Crippen LogP contribution is 2.45. The molecular weight excluding hydrogens is 349 g/mol. The van der Waals surface area contributed by atoms with Crippen LogP contribution in [0, 0.1) is 5.41 Å². The van der Waals surface area contributed by atoms with Crippen LogP contribution in [-0.4, -0.2) is 41.7 Å². The first-order valence-corrected chi connectivity index (χ1v) is 8.96. The second-order valence-corrected chi connectivity index (χ2v) is 7.23. The fourth-order valence-electron chi connectivity index (χ4n) is 4.16. The summed E-state index contributed by atoms with van der Waals surface area (Å²) in [6.45, 7) is 3.63. The minimum absolute atomic E-state index is 0.0508. The molecule has 0 aromatic carbocycles. The Kier molecular flexibility index (Phi) is 5.14. The third kappa shape index (κ3) is 3.65. The molecule has 2 aliphatic rings. The second kappa shape index (κ2) is 7.06. The van der Waals surface area contributed by atoms with Gasteiger partial charge in [-0.1, -0.05) is 12.8 Å². The number of ether oxygens (including phenoxy) is 1. The zero-order valence-corrected chi connectivity index (χ0v) is 14.8. The zero-order chi connectivity index (χ0) is 18.9. The third-order valence-corrected chi connectivity index (χ3v) is 5.38. The highest BCUT2D eigenvalue weighted by molar-refractivity contribution is 5.88. The van der Waals surface area contributed by atoms with Crippen molar-refractivity contribution in [1.82, 2.24) is 9.47 Å². The van der Waals surface area contributed by atoms with Crippen LogP contribution < -0.4 is 5.56 Å². The Balaban J connectivity index is 1.78. The summed E-state index contributed by atoms with van der Waals surface area (Å²) >= 11 is 0. The van der Waals surface area contributed by atoms with E-state index in [4.69, 9.17) is 4.74 Å². The lowest BCUT2D eigenvalue weighted by Crippen LogP contribution is -2.55. The van der Waals surface area contributed by atoms with E-state index in [1.165, 1.54) is 25.7 Å². The molecule has 1 aromatic rings. The molecule has 1 aromatic heterocycles. The number of pyridine rings is 1. The van der Waals surface area contributed by atoms with Crippen LogP contribution in [0.5, 0.6) is 0 Å². The van der Waals surface area contributed by atoms with Crippen LogP contribution in [-0.2, 0) is 17.5 Å². The number of halogens is 3. The number of esters is 1. The lowest BCUT2D eigenvalue weighted by atomic mass is 9.78. The Morgan fingerprint density at radius 3 is 2.42 bits per heavy atom. The zero-order valence-electron chi connectivity index (χ0n) is 14.8. The summed E-state index contributed by atoms with van der Waals surface area (Å²) in [4.78, 5) is 26.4. The summed E-state index contributed by atoms with van der Waals surface area (Å²) in [5, 5.41) is 0. The summed E-state index contributed by atoms with van der Waals surface area (Å²) in [6.07, 6.45) is 0.124. The predicted molar refractivity (Wildman–Crippen MR) is 89.0 cm³/mol. The molecule has 0 bridgehead atoms. The molecule has 0 amide bonds. The molecule has 0 unspecified atom stereocenters. The Hall–Kier alpha value is -1.83. The van der Waals surface area contributed by atoms with Gasteiger partial charge in [-0.15, -0.1) is 0 Å². The van der Waals surface area contributed by atoms with Crippen molar-refractivity contribution in [2.75, 3.05) is 26.2 Å². The smallest absolute Gasteiger partial charge is 0.431 e. The van der Waals surface area contributed by atoms with Crippen molar-refractivity contribution in [3.63, 3.8) is 0 Å². The van der Waals surface area contributed by atoms with Gasteiger partial charge in [0.05, 0.1) is 6.61 Å². The van der Waals surface area contributed by atoms with Crippen molar-refractivity contribution in [2.24, 2.45) is 5.41 Å². The molecule has 144 valence electrons. The van der Waals surface area contributed by atoms with Gasteiger partial charge in [-0.05, 0) is 37.3 Å². The van der Waals surface area contributed by atoms with Crippen molar-refractivity contribution in [3.8, 4) is 0 Å². The van der Waals surface area contributed by atoms with Gasteiger partial charge in [0.15, 0.2) is 0 Å². The van der Waals surface area contributed by atoms with Crippen LogP contribution in [0.25, 0.3) is 0 Å². The molecule has 2 fully saturated rings. The van der Waals surface area contributed by atoms with Gasteiger partial charge in [0.1, 0.15) is 11.3 Å². The van der Waals surface area contributed by atoms with Crippen LogP contribution in [0.1, 0.15) is 48.7 Å². The van der Waals surface area contributed by atoms with Crippen molar-refractivity contribution >= 4 is 5.97 Å². The van der Waals surface area contributed by atoms with Gasteiger partial charge in [-0.2, -0.15) is 13.2 Å². The van der Waals surface area contributed by atoms with Gasteiger partial charge >= 0.3 is 12.1 Å². The number of carbonyl (C=O) groups is 1. The summed E-state index contributed by atoms with van der Waals surface area (Å²) < 4.78 is 45.3. The van der Waals surface area contributed by atoms with E-state index < -0.39 is 23.4 Å². The van der Waals surface area contributed by atoms with Crippen molar-refractivity contribution in [3.05, 3.63) is 33.7 Å². The van der Waals surface area contributed by atoms with E-state index in [0.29, 0.717) is 16.5 Å². The van der Waals surface area contributed by atoms with E-state index >= 15 is 0 Å². The molecule has 0 N–H and O–H groups in total. The quantitative estimate of drug-likeness (QED) is 0.746. The molecule has 5 nitrogen and oxygen atoms in total. The average molecular weight is 372 g/mol. The SMILES string of the molecule is CCOC(=O)c1ccc(C(F)(F)F)n(CCN2CC3(CCCC3)C2)c1=O. The van der Waals surface area contributed by atoms with Crippen LogP contribution in [0.4, 0.5) is 13.2 Å². The lowest BCUT2D eigenvalue weighted by Gasteiger charge is -2.48. The first-order chi connectivity index (χ1) is 12.3. The second-order valence-electron chi connectivity index (χ2n) is 7.23. The molecule has 1 spiro atoms. The number of hydrogen-bond donors (Lipinski definition) is 0. The average Bonchev–Trinajstić information content (AvgIpc) is 3.01. The number of rotatable bonds is 5. The van der Waals surface area contributed by atoms with Crippen molar-refractivity contribution < 1.29 is 22.7 Å². The number of carbonyl (C=O) groups excluding carboxylic acids is 1. The maximum absolute atomic E-state index is 13.3. The Morgan fingerprint density at radius 2 is 1.85 bits per heavy atom. The Labute approximate surface area is 149 Å². The van der Waals surface area contributed by atoms with E-state index in [-0.39, 0.29) is 18.7 Å². The Bertz CT molecular complexity index is 728. The molecule has 1 saturated carbocycles. The highest BCUT2D eigenvalue weighted by Gasteiger charge is 2.44. The number of nitrogens with zero attached hydrogens (tertiary/aromatic N) is 2. The van der Waals surface area contributed by atoms with Gasteiger partial charge in [-0.3, -0.25) is 4.79 Å². The topological polar surface area (TPSA) is 51.5 Å². The van der Waals surface area contributed by atoms with Crippen LogP contribution in [0.15, 0.2) is 16.9 Å². The molecule has 8 heteroatoms. The van der Waals surface area contributed by atoms with E-state index in [0.717, 1.165) is 25.2 Å². The lowest BCUT2D eigenvalue weighted by molar-refractivity contribution is -0.144. The molecular formula is C18H23F3N2O3. The van der Waals surface area contributed by atoms with Gasteiger partial charge in [-0.25, -0.2) is 4.79 Å². The van der Waals surface area contributed by atoms with E-state index in [2.05, 4.69) is 4.90 Å². The van der Waals surface area contributed by atoms with Crippen LogP contribution in [0.3, 0.4) is 0 Å². The van der Waals surface area contributed by atoms with E-state index in [9.17, 15) is 22.8 Å². The van der Waals surface area contributed by atoms with Crippen LogP contribution in [0.2, 0.25) is 0 Å². The van der Waals surface area contributed by atoms with Crippen LogP contribution >= 0.6 is 0 Å². The highest BCUT2D eigenvalue weighted by atomic mass is 19.4.